The lowest BCUT2D eigenvalue weighted by molar-refractivity contribution is -0.113. The summed E-state index contributed by atoms with van der Waals surface area (Å²) in [6.45, 7) is 0.273. The smallest absolute Gasteiger partial charge is 0.239 e. The maximum absolute atomic E-state index is 12.3. The van der Waals surface area contributed by atoms with Crippen LogP contribution in [0.4, 0.5) is 5.69 Å². The predicted octanol–water partition coefficient (Wildman–Crippen LogP) is 3.90. The topological polar surface area (TPSA) is 89.8 Å². The highest BCUT2D eigenvalue weighted by atomic mass is 32.2. The van der Waals surface area contributed by atoms with Crippen LogP contribution in [-0.4, -0.2) is 35.2 Å². The average Bonchev–Trinajstić information content (AvgIpc) is 3.21. The summed E-state index contributed by atoms with van der Waals surface area (Å²) in [7, 11) is -3.49. The molecule has 1 amide bonds. The van der Waals surface area contributed by atoms with Crippen molar-refractivity contribution in [3.63, 3.8) is 0 Å². The predicted molar refractivity (Wildman–Crippen MR) is 128 cm³/mol. The van der Waals surface area contributed by atoms with Crippen LogP contribution in [0.25, 0.3) is 5.65 Å². The van der Waals surface area contributed by atoms with Crippen LogP contribution in [0.3, 0.4) is 0 Å². The fourth-order valence-corrected chi connectivity index (χ4v) is 4.69. The molecule has 0 saturated carbocycles. The first-order chi connectivity index (χ1) is 16.0. The van der Waals surface area contributed by atoms with Crippen LogP contribution in [0.5, 0.6) is 5.75 Å². The van der Waals surface area contributed by atoms with Crippen molar-refractivity contribution in [2.75, 3.05) is 16.8 Å². The Labute approximate surface area is 193 Å². The summed E-state index contributed by atoms with van der Waals surface area (Å²) in [6.07, 6.45) is 4.95. The molecule has 0 spiro atoms. The van der Waals surface area contributed by atoms with Gasteiger partial charge in [0.05, 0.1) is 11.4 Å². The first-order valence-corrected chi connectivity index (χ1v) is 12.5. The number of aromatic nitrogens is 2. The number of nitrogens with zero attached hydrogens (tertiary/aromatic N) is 2. The number of benzene rings is 2. The van der Waals surface area contributed by atoms with Gasteiger partial charge in [-0.1, -0.05) is 42.5 Å². The number of pyridine rings is 1. The van der Waals surface area contributed by atoms with E-state index >= 15 is 0 Å². The van der Waals surface area contributed by atoms with E-state index < -0.39 is 21.5 Å². The molecule has 7 nitrogen and oxygen atoms in total. The Morgan fingerprint density at radius 1 is 1.00 bits per heavy atom. The van der Waals surface area contributed by atoms with Crippen molar-refractivity contribution in [3.05, 3.63) is 96.4 Å². The van der Waals surface area contributed by atoms with Crippen LogP contribution in [-0.2, 0) is 27.7 Å². The number of fused-ring (bicyclic) bond motifs is 1. The molecule has 33 heavy (non-hydrogen) atoms. The molecule has 0 fully saturated rings. The van der Waals surface area contributed by atoms with Gasteiger partial charge in [-0.2, -0.15) is 0 Å². The van der Waals surface area contributed by atoms with Gasteiger partial charge < -0.3 is 14.5 Å². The molecule has 4 rings (SSSR count). The second-order valence-electron chi connectivity index (χ2n) is 7.74. The molecule has 0 aliphatic heterocycles. The number of carbonyl (C=O) groups is 1. The van der Waals surface area contributed by atoms with E-state index in [4.69, 9.17) is 4.74 Å². The van der Waals surface area contributed by atoms with Crippen molar-refractivity contribution in [1.29, 1.82) is 0 Å². The molecular weight excluding hydrogens is 438 g/mol. The maximum atomic E-state index is 12.3. The van der Waals surface area contributed by atoms with E-state index in [0.29, 0.717) is 24.3 Å². The fraction of sp³-hybridized carbons (Fsp3) is 0.200. The highest BCUT2D eigenvalue weighted by Crippen LogP contribution is 2.19. The molecule has 2 aromatic heterocycles. The minimum absolute atomic E-state index is 0.0303. The number of hydrogen-bond acceptors (Lipinski definition) is 5. The molecule has 0 atom stereocenters. The van der Waals surface area contributed by atoms with E-state index in [2.05, 4.69) is 10.3 Å². The second kappa shape index (κ2) is 10.3. The third-order valence-electron chi connectivity index (χ3n) is 5.03. The Morgan fingerprint density at radius 2 is 1.82 bits per heavy atom. The molecule has 2 aromatic carbocycles. The zero-order valence-corrected chi connectivity index (χ0v) is 18.9. The summed E-state index contributed by atoms with van der Waals surface area (Å²) in [5, 5.41) is 2.65. The van der Waals surface area contributed by atoms with Crippen LogP contribution in [0, 0.1) is 0 Å². The average molecular weight is 464 g/mol. The molecular formula is C25H25N3O4S. The molecule has 0 saturated heterocycles. The number of imidazole rings is 1. The molecule has 0 aliphatic carbocycles. The van der Waals surface area contributed by atoms with Crippen molar-refractivity contribution >= 4 is 27.1 Å². The van der Waals surface area contributed by atoms with Gasteiger partial charge in [0.15, 0.2) is 9.84 Å². The minimum atomic E-state index is -3.49. The summed E-state index contributed by atoms with van der Waals surface area (Å²) < 4.78 is 32.4. The largest absolute Gasteiger partial charge is 0.487 e. The lowest BCUT2D eigenvalue weighted by atomic mass is 10.1. The molecule has 0 unspecified atom stereocenters. The highest BCUT2D eigenvalue weighted by molar-refractivity contribution is 7.92. The van der Waals surface area contributed by atoms with Crippen molar-refractivity contribution in [1.82, 2.24) is 9.38 Å². The number of aryl methyl sites for hydroxylation is 1. The molecule has 170 valence electrons. The van der Waals surface area contributed by atoms with Crippen molar-refractivity contribution in [2.45, 2.75) is 19.4 Å². The van der Waals surface area contributed by atoms with Gasteiger partial charge in [0.25, 0.3) is 0 Å². The molecule has 0 bridgehead atoms. The zero-order chi connectivity index (χ0) is 23.1. The Hall–Kier alpha value is -3.65. The van der Waals surface area contributed by atoms with Gasteiger partial charge >= 0.3 is 0 Å². The Morgan fingerprint density at radius 3 is 2.64 bits per heavy atom. The van der Waals surface area contributed by atoms with Gasteiger partial charge in [0, 0.05) is 24.1 Å². The quantitative estimate of drug-likeness (QED) is 0.385. The van der Waals surface area contributed by atoms with Crippen molar-refractivity contribution in [2.24, 2.45) is 0 Å². The zero-order valence-electron chi connectivity index (χ0n) is 18.1. The normalized spacial score (nSPS) is 11.4. The summed E-state index contributed by atoms with van der Waals surface area (Å²) in [4.78, 5) is 16.8. The summed E-state index contributed by atoms with van der Waals surface area (Å²) in [5.74, 6) is -0.589. The van der Waals surface area contributed by atoms with Crippen LogP contribution >= 0.6 is 0 Å². The Balaban J connectivity index is 1.27. The summed E-state index contributed by atoms with van der Waals surface area (Å²) in [6, 6.07) is 22.3. The monoisotopic (exact) mass is 463 g/mol. The SMILES string of the molecule is O=C(CS(=O)(=O)CCCc1ccccc1)Nc1cccc(OCc2cn3ccccc3n2)c1. The van der Waals surface area contributed by atoms with Gasteiger partial charge in [0.1, 0.15) is 23.8 Å². The first-order valence-electron chi connectivity index (χ1n) is 10.7. The van der Waals surface area contributed by atoms with Crippen molar-refractivity contribution < 1.29 is 17.9 Å². The van der Waals surface area contributed by atoms with Crippen molar-refractivity contribution in [3.8, 4) is 5.75 Å². The first kappa shape index (κ1) is 22.5. The Bertz CT molecular complexity index is 1300. The summed E-state index contributed by atoms with van der Waals surface area (Å²) in [5.41, 5.74) is 3.17. The Kier molecular flexibility index (Phi) is 7.04. The molecule has 0 aliphatic rings. The number of sulfone groups is 1. The van der Waals surface area contributed by atoms with Crippen LogP contribution in [0.1, 0.15) is 17.7 Å². The number of hydrogen-bond donors (Lipinski definition) is 1. The van der Waals surface area contributed by atoms with Gasteiger partial charge in [-0.25, -0.2) is 13.4 Å². The van der Waals surface area contributed by atoms with Gasteiger partial charge in [0.2, 0.25) is 5.91 Å². The van der Waals surface area contributed by atoms with E-state index in [1.807, 2.05) is 65.3 Å². The van der Waals surface area contributed by atoms with E-state index in [-0.39, 0.29) is 12.4 Å². The number of ether oxygens (including phenoxy) is 1. The van der Waals surface area contributed by atoms with E-state index in [9.17, 15) is 13.2 Å². The van der Waals surface area contributed by atoms with Gasteiger partial charge in [-0.15, -0.1) is 0 Å². The van der Waals surface area contributed by atoms with E-state index in [1.54, 1.807) is 24.3 Å². The number of carbonyl (C=O) groups excluding carboxylic acids is 1. The van der Waals surface area contributed by atoms with Gasteiger partial charge in [-0.05, 0) is 42.7 Å². The highest BCUT2D eigenvalue weighted by Gasteiger charge is 2.17. The number of nitrogens with one attached hydrogen (secondary N) is 1. The number of anilines is 1. The van der Waals surface area contributed by atoms with Crippen LogP contribution < -0.4 is 10.1 Å². The molecule has 0 radical (unpaired) electrons. The minimum Gasteiger partial charge on any atom is -0.487 e. The molecule has 1 N–H and O–H groups in total. The number of rotatable bonds is 10. The summed E-state index contributed by atoms with van der Waals surface area (Å²) >= 11 is 0. The lowest BCUT2D eigenvalue weighted by Crippen LogP contribution is -2.24. The standard InChI is InChI=1S/C25H25N3O4S/c29-25(19-33(30,31)15-7-10-20-8-2-1-3-9-20)27-21-11-6-12-23(16-21)32-18-22-17-28-14-5-4-13-24(28)26-22/h1-6,8-9,11-14,16-17H,7,10,15,18-19H2,(H,27,29). The molecule has 4 aromatic rings. The fourth-order valence-electron chi connectivity index (χ4n) is 3.49. The van der Waals surface area contributed by atoms with Gasteiger partial charge in [-0.3, -0.25) is 4.79 Å². The maximum Gasteiger partial charge on any atom is 0.239 e. The lowest BCUT2D eigenvalue weighted by Gasteiger charge is -2.09. The van der Waals surface area contributed by atoms with E-state index in [1.165, 1.54) is 0 Å². The van der Waals surface area contributed by atoms with E-state index in [0.717, 1.165) is 16.9 Å². The number of amides is 1. The van der Waals surface area contributed by atoms with Crippen LogP contribution in [0.2, 0.25) is 0 Å². The second-order valence-corrected chi connectivity index (χ2v) is 9.93. The molecule has 2 heterocycles. The molecule has 8 heteroatoms. The van der Waals surface area contributed by atoms with Crippen LogP contribution in [0.15, 0.2) is 85.2 Å². The third kappa shape index (κ3) is 6.66. The third-order valence-corrected chi connectivity index (χ3v) is 6.65.